The molecule has 126 valence electrons. The molecule has 0 amide bonds. The van der Waals surface area contributed by atoms with Gasteiger partial charge in [-0.15, -0.1) is 0 Å². The molecular formula is C17H25F3IN. The van der Waals surface area contributed by atoms with Crippen molar-refractivity contribution in [2.75, 3.05) is 6.54 Å². The van der Waals surface area contributed by atoms with E-state index in [1.807, 2.05) is 6.07 Å². The second-order valence-electron chi connectivity index (χ2n) is 5.67. The highest BCUT2D eigenvalue weighted by atomic mass is 127. The van der Waals surface area contributed by atoms with Crippen LogP contribution in [0.3, 0.4) is 0 Å². The third-order valence-electron chi connectivity index (χ3n) is 3.56. The Hall–Kier alpha value is -0.300. The first-order valence-corrected chi connectivity index (χ1v) is 8.95. The maximum Gasteiger partial charge on any atom is 0.389 e. The zero-order valence-corrected chi connectivity index (χ0v) is 15.1. The summed E-state index contributed by atoms with van der Waals surface area (Å²) < 4.78 is 38.2. The highest BCUT2D eigenvalue weighted by Gasteiger charge is 2.25. The molecule has 1 nitrogen and oxygen atoms in total. The zero-order valence-electron chi connectivity index (χ0n) is 12.9. The van der Waals surface area contributed by atoms with Gasteiger partial charge in [0.1, 0.15) is 0 Å². The molecule has 0 aromatic heterocycles. The van der Waals surface area contributed by atoms with Crippen LogP contribution < -0.4 is 0 Å². The molecule has 0 radical (unpaired) electrons. The van der Waals surface area contributed by atoms with Crippen LogP contribution in [0.5, 0.6) is 0 Å². The van der Waals surface area contributed by atoms with Gasteiger partial charge in [-0.25, -0.2) is 3.11 Å². The lowest BCUT2D eigenvalue weighted by Gasteiger charge is -2.14. The van der Waals surface area contributed by atoms with E-state index in [-0.39, 0.29) is 6.42 Å². The fourth-order valence-electron chi connectivity index (χ4n) is 2.35. The molecular weight excluding hydrogens is 402 g/mol. The van der Waals surface area contributed by atoms with E-state index in [1.54, 1.807) is 0 Å². The third-order valence-corrected chi connectivity index (χ3v) is 4.38. The Morgan fingerprint density at radius 2 is 1.36 bits per heavy atom. The molecule has 5 heteroatoms. The van der Waals surface area contributed by atoms with Crippen LogP contribution >= 0.6 is 22.9 Å². The molecule has 0 saturated heterocycles. The summed E-state index contributed by atoms with van der Waals surface area (Å²) in [6.45, 7) is 2.02. The Labute approximate surface area is 145 Å². The van der Waals surface area contributed by atoms with Crippen molar-refractivity contribution in [3.8, 4) is 0 Å². The Morgan fingerprint density at radius 3 is 1.95 bits per heavy atom. The van der Waals surface area contributed by atoms with E-state index in [0.29, 0.717) is 6.42 Å². The van der Waals surface area contributed by atoms with Gasteiger partial charge in [-0.1, -0.05) is 62.4 Å². The van der Waals surface area contributed by atoms with Gasteiger partial charge in [0, 0.05) is 42.4 Å². The van der Waals surface area contributed by atoms with Crippen LogP contribution in [0.2, 0.25) is 0 Å². The first kappa shape index (κ1) is 19.7. The molecule has 0 heterocycles. The van der Waals surface area contributed by atoms with Gasteiger partial charge in [-0.2, -0.15) is 13.2 Å². The van der Waals surface area contributed by atoms with Gasteiger partial charge in [0.25, 0.3) is 0 Å². The van der Waals surface area contributed by atoms with Crippen molar-refractivity contribution in [2.45, 2.75) is 64.1 Å². The van der Waals surface area contributed by atoms with Crippen molar-refractivity contribution in [2.24, 2.45) is 0 Å². The SMILES string of the molecule is FC(F)(F)CCCCCCCCCN(I)Cc1ccccc1. The monoisotopic (exact) mass is 427 g/mol. The van der Waals surface area contributed by atoms with E-state index in [9.17, 15) is 13.2 Å². The fraction of sp³-hybridized carbons (Fsp3) is 0.647. The molecule has 0 N–H and O–H groups in total. The first-order chi connectivity index (χ1) is 10.5. The van der Waals surface area contributed by atoms with Crippen LogP contribution in [-0.2, 0) is 6.54 Å². The number of hydrogen-bond acceptors (Lipinski definition) is 1. The zero-order chi connectivity index (χ0) is 16.3. The quantitative estimate of drug-likeness (QED) is 0.221. The summed E-state index contributed by atoms with van der Waals surface area (Å²) in [6, 6.07) is 10.4. The Morgan fingerprint density at radius 1 is 0.818 bits per heavy atom. The van der Waals surface area contributed by atoms with Crippen LogP contribution in [0, 0.1) is 0 Å². The van der Waals surface area contributed by atoms with E-state index < -0.39 is 12.6 Å². The Balaban J connectivity index is 1.91. The molecule has 0 fully saturated rings. The van der Waals surface area contributed by atoms with Crippen LogP contribution in [0.4, 0.5) is 13.2 Å². The summed E-state index contributed by atoms with van der Waals surface area (Å²) in [5.74, 6) is 0. The van der Waals surface area contributed by atoms with Gasteiger partial charge in [0.2, 0.25) is 0 Å². The largest absolute Gasteiger partial charge is 0.389 e. The van der Waals surface area contributed by atoms with E-state index >= 15 is 0 Å². The van der Waals surface area contributed by atoms with E-state index in [2.05, 4.69) is 50.2 Å². The summed E-state index contributed by atoms with van der Waals surface area (Å²) in [7, 11) is 0. The summed E-state index contributed by atoms with van der Waals surface area (Å²) in [6.07, 6.45) is 1.78. The maximum atomic E-state index is 12.0. The number of alkyl halides is 3. The number of halogens is 4. The summed E-state index contributed by atoms with van der Waals surface area (Å²) in [5.41, 5.74) is 1.32. The van der Waals surface area contributed by atoms with Gasteiger partial charge in [0.15, 0.2) is 0 Å². The van der Waals surface area contributed by atoms with Crippen LogP contribution in [0.15, 0.2) is 30.3 Å². The molecule has 0 saturated carbocycles. The molecule has 0 atom stereocenters. The van der Waals surface area contributed by atoms with Crippen molar-refractivity contribution in [1.82, 2.24) is 3.11 Å². The van der Waals surface area contributed by atoms with Crippen molar-refractivity contribution >= 4 is 22.9 Å². The molecule has 0 aliphatic rings. The summed E-state index contributed by atoms with van der Waals surface area (Å²) in [4.78, 5) is 0. The van der Waals surface area contributed by atoms with Crippen LogP contribution in [0.1, 0.15) is 56.9 Å². The molecule has 1 aromatic rings. The second kappa shape index (κ2) is 11.3. The van der Waals surface area contributed by atoms with Gasteiger partial charge in [-0.3, -0.25) is 0 Å². The average Bonchev–Trinajstić information content (AvgIpc) is 2.45. The molecule has 0 aliphatic carbocycles. The highest BCUT2D eigenvalue weighted by molar-refractivity contribution is 14.1. The number of benzene rings is 1. The van der Waals surface area contributed by atoms with E-state index in [4.69, 9.17) is 0 Å². The molecule has 0 unspecified atom stereocenters. The number of rotatable bonds is 11. The lowest BCUT2D eigenvalue weighted by atomic mass is 10.1. The minimum Gasteiger partial charge on any atom is -0.243 e. The Kier molecular flexibility index (Phi) is 10.1. The normalized spacial score (nSPS) is 12.0. The summed E-state index contributed by atoms with van der Waals surface area (Å²) in [5, 5.41) is 0. The minimum atomic E-state index is -3.98. The molecule has 0 spiro atoms. The molecule has 0 bridgehead atoms. The second-order valence-corrected chi connectivity index (χ2v) is 7.03. The summed E-state index contributed by atoms with van der Waals surface area (Å²) >= 11 is 2.36. The number of hydrogen-bond donors (Lipinski definition) is 0. The Bertz CT molecular complexity index is 381. The predicted octanol–water partition coefficient (Wildman–Crippen LogP) is 6.52. The molecule has 1 rings (SSSR count). The molecule has 22 heavy (non-hydrogen) atoms. The molecule has 1 aromatic carbocycles. The number of unbranched alkanes of at least 4 members (excludes halogenated alkanes) is 6. The van der Waals surface area contributed by atoms with Crippen LogP contribution in [-0.4, -0.2) is 15.8 Å². The lowest BCUT2D eigenvalue weighted by Crippen LogP contribution is -2.12. The predicted molar refractivity (Wildman–Crippen MR) is 93.9 cm³/mol. The smallest absolute Gasteiger partial charge is 0.243 e. The van der Waals surface area contributed by atoms with Gasteiger partial charge < -0.3 is 0 Å². The van der Waals surface area contributed by atoms with Gasteiger partial charge in [-0.05, 0) is 18.4 Å². The van der Waals surface area contributed by atoms with E-state index in [1.165, 1.54) is 5.56 Å². The standard InChI is InChI=1S/C17H25F3IN/c18-17(19,20)13-9-4-2-1-3-5-10-14-22(21)15-16-11-7-6-8-12-16/h6-8,11-12H,1-5,9-10,13-15H2. The van der Waals surface area contributed by atoms with E-state index in [0.717, 1.165) is 45.2 Å². The molecule has 0 aliphatic heterocycles. The van der Waals surface area contributed by atoms with Crippen molar-refractivity contribution in [1.29, 1.82) is 0 Å². The van der Waals surface area contributed by atoms with Gasteiger partial charge >= 0.3 is 6.18 Å². The van der Waals surface area contributed by atoms with Crippen LogP contribution in [0.25, 0.3) is 0 Å². The lowest BCUT2D eigenvalue weighted by molar-refractivity contribution is -0.135. The topological polar surface area (TPSA) is 3.24 Å². The maximum absolute atomic E-state index is 12.0. The van der Waals surface area contributed by atoms with Crippen molar-refractivity contribution < 1.29 is 13.2 Å². The fourth-order valence-corrected chi connectivity index (χ4v) is 3.09. The number of nitrogens with zero attached hydrogens (tertiary/aromatic N) is 1. The van der Waals surface area contributed by atoms with Crippen molar-refractivity contribution in [3.05, 3.63) is 35.9 Å². The third kappa shape index (κ3) is 11.3. The first-order valence-electron chi connectivity index (χ1n) is 7.99. The van der Waals surface area contributed by atoms with Crippen molar-refractivity contribution in [3.63, 3.8) is 0 Å². The van der Waals surface area contributed by atoms with Gasteiger partial charge in [0.05, 0.1) is 0 Å². The minimum absolute atomic E-state index is 0.280. The average molecular weight is 427 g/mol. The highest BCUT2D eigenvalue weighted by Crippen LogP contribution is 2.23.